The van der Waals surface area contributed by atoms with E-state index in [1.807, 2.05) is 0 Å². The molecule has 9 nitrogen and oxygen atoms in total. The molecule has 0 bridgehead atoms. The number of nitrogens with one attached hydrogen (secondary N) is 3. The molecular weight excluding hydrogens is 376 g/mol. The zero-order chi connectivity index (χ0) is 23.3. The fourth-order valence-electron chi connectivity index (χ4n) is 1.88. The van der Waals surface area contributed by atoms with Gasteiger partial charge in [-0.25, -0.2) is 0 Å². The van der Waals surface area contributed by atoms with Gasteiger partial charge in [0.15, 0.2) is 0 Å². The largest absolute Gasteiger partial charge is 0.338 e. The van der Waals surface area contributed by atoms with Crippen molar-refractivity contribution < 1.29 is 24.0 Å². The molecule has 0 saturated carbocycles. The standard InChI is InChI=1S/C20H32N4O5/c1-11(2)14(25)21-19(7,8)17(28)23-24(16(27)13(5)6)18(29)20(9,10)22-15(26)12(3)4/h13H,1,3H2,2,4-10H3,(H,21,25)(H,22,26)(H,23,28). The highest BCUT2D eigenvalue weighted by atomic mass is 16.2. The van der Waals surface area contributed by atoms with Crippen molar-refractivity contribution in [1.82, 2.24) is 21.1 Å². The van der Waals surface area contributed by atoms with Crippen molar-refractivity contribution in [2.24, 2.45) is 5.92 Å². The predicted molar refractivity (Wildman–Crippen MR) is 109 cm³/mol. The fourth-order valence-corrected chi connectivity index (χ4v) is 1.88. The maximum absolute atomic E-state index is 13.0. The molecule has 0 aromatic heterocycles. The van der Waals surface area contributed by atoms with E-state index in [1.165, 1.54) is 41.5 Å². The summed E-state index contributed by atoms with van der Waals surface area (Å²) in [6, 6.07) is 0. The summed E-state index contributed by atoms with van der Waals surface area (Å²) in [5.74, 6) is -4.06. The molecule has 3 N–H and O–H groups in total. The zero-order valence-electron chi connectivity index (χ0n) is 18.5. The highest BCUT2D eigenvalue weighted by Crippen LogP contribution is 2.13. The third kappa shape index (κ3) is 7.17. The van der Waals surface area contributed by atoms with E-state index in [4.69, 9.17) is 0 Å². The van der Waals surface area contributed by atoms with E-state index >= 15 is 0 Å². The molecule has 0 aliphatic heterocycles. The van der Waals surface area contributed by atoms with Crippen LogP contribution in [-0.2, 0) is 24.0 Å². The molecule has 0 atom stereocenters. The smallest absolute Gasteiger partial charge is 0.273 e. The fraction of sp³-hybridized carbons (Fsp3) is 0.550. The molecule has 9 heteroatoms. The van der Waals surface area contributed by atoms with Crippen molar-refractivity contribution in [3.8, 4) is 0 Å². The highest BCUT2D eigenvalue weighted by Gasteiger charge is 2.40. The van der Waals surface area contributed by atoms with Crippen molar-refractivity contribution in [2.45, 2.75) is 66.5 Å². The van der Waals surface area contributed by atoms with E-state index in [0.29, 0.717) is 5.01 Å². The lowest BCUT2D eigenvalue weighted by Crippen LogP contribution is -2.66. The Balaban J connectivity index is 5.78. The van der Waals surface area contributed by atoms with Crippen LogP contribution >= 0.6 is 0 Å². The minimum atomic E-state index is -1.51. The van der Waals surface area contributed by atoms with Gasteiger partial charge in [-0.1, -0.05) is 27.0 Å². The lowest BCUT2D eigenvalue weighted by Gasteiger charge is -2.34. The molecule has 29 heavy (non-hydrogen) atoms. The van der Waals surface area contributed by atoms with Gasteiger partial charge in [0.1, 0.15) is 11.1 Å². The molecule has 0 radical (unpaired) electrons. The third-order valence-corrected chi connectivity index (χ3v) is 3.86. The number of carbonyl (C=O) groups is 5. The Bertz CT molecular complexity index is 750. The Labute approximate surface area is 171 Å². The lowest BCUT2D eigenvalue weighted by molar-refractivity contribution is -0.160. The van der Waals surface area contributed by atoms with E-state index < -0.39 is 46.5 Å². The maximum Gasteiger partial charge on any atom is 0.273 e. The second kappa shape index (κ2) is 9.49. The van der Waals surface area contributed by atoms with Crippen LogP contribution in [0.2, 0.25) is 0 Å². The van der Waals surface area contributed by atoms with Gasteiger partial charge in [-0.3, -0.25) is 29.4 Å². The Kier molecular flexibility index (Phi) is 8.52. The first-order valence-corrected chi connectivity index (χ1v) is 9.09. The summed E-state index contributed by atoms with van der Waals surface area (Å²) in [7, 11) is 0. The summed E-state index contributed by atoms with van der Waals surface area (Å²) in [6.45, 7) is 18.7. The molecule has 0 fully saturated rings. The first-order valence-electron chi connectivity index (χ1n) is 9.09. The quantitative estimate of drug-likeness (QED) is 0.428. The number of hydrogen-bond acceptors (Lipinski definition) is 5. The zero-order valence-corrected chi connectivity index (χ0v) is 18.5. The Morgan fingerprint density at radius 2 is 1.17 bits per heavy atom. The number of nitrogens with zero attached hydrogens (tertiary/aromatic N) is 1. The summed E-state index contributed by atoms with van der Waals surface area (Å²) in [4.78, 5) is 62.1. The maximum atomic E-state index is 13.0. The van der Waals surface area contributed by atoms with E-state index in [9.17, 15) is 24.0 Å². The van der Waals surface area contributed by atoms with Crippen molar-refractivity contribution >= 4 is 29.5 Å². The molecule has 0 aliphatic carbocycles. The van der Waals surface area contributed by atoms with E-state index in [2.05, 4.69) is 29.2 Å². The topological polar surface area (TPSA) is 125 Å². The SMILES string of the molecule is C=C(C)C(=O)NC(C)(C)C(=O)NN(C(=O)C(C)C)C(=O)C(C)(C)NC(=O)C(=C)C. The second-order valence-corrected chi connectivity index (χ2v) is 8.29. The van der Waals surface area contributed by atoms with Crippen LogP contribution in [0, 0.1) is 5.92 Å². The van der Waals surface area contributed by atoms with Crippen molar-refractivity contribution in [3.05, 3.63) is 24.3 Å². The molecule has 0 saturated heterocycles. The van der Waals surface area contributed by atoms with Gasteiger partial charge >= 0.3 is 0 Å². The number of amides is 5. The van der Waals surface area contributed by atoms with Crippen LogP contribution in [0.1, 0.15) is 55.4 Å². The van der Waals surface area contributed by atoms with Crippen molar-refractivity contribution in [3.63, 3.8) is 0 Å². The van der Waals surface area contributed by atoms with E-state index in [1.54, 1.807) is 13.8 Å². The number of imide groups is 1. The highest BCUT2D eigenvalue weighted by molar-refractivity contribution is 6.05. The normalized spacial score (nSPS) is 11.3. The minimum absolute atomic E-state index is 0.181. The molecule has 0 rings (SSSR count). The van der Waals surface area contributed by atoms with Crippen LogP contribution in [0.25, 0.3) is 0 Å². The second-order valence-electron chi connectivity index (χ2n) is 8.29. The molecule has 0 aromatic rings. The summed E-state index contributed by atoms with van der Waals surface area (Å²) in [6.07, 6.45) is 0. The Morgan fingerprint density at radius 3 is 1.52 bits per heavy atom. The van der Waals surface area contributed by atoms with Gasteiger partial charge in [-0.05, 0) is 41.5 Å². The van der Waals surface area contributed by atoms with Crippen LogP contribution in [0.5, 0.6) is 0 Å². The molecule has 162 valence electrons. The number of rotatable bonds is 7. The van der Waals surface area contributed by atoms with Gasteiger partial charge in [0.05, 0.1) is 0 Å². The molecule has 0 unspecified atom stereocenters. The number of carbonyl (C=O) groups excluding carboxylic acids is 5. The Hall–Kier alpha value is -2.97. The van der Waals surface area contributed by atoms with Crippen LogP contribution in [0.3, 0.4) is 0 Å². The van der Waals surface area contributed by atoms with Crippen LogP contribution in [-0.4, -0.2) is 45.6 Å². The first-order chi connectivity index (χ1) is 12.9. The average molecular weight is 408 g/mol. The number of hydrogen-bond donors (Lipinski definition) is 3. The molecular formula is C20H32N4O5. The van der Waals surface area contributed by atoms with E-state index in [-0.39, 0.29) is 11.1 Å². The summed E-state index contributed by atoms with van der Waals surface area (Å²) >= 11 is 0. The average Bonchev–Trinajstić information content (AvgIpc) is 2.56. The molecule has 5 amide bonds. The van der Waals surface area contributed by atoms with Crippen molar-refractivity contribution in [1.29, 1.82) is 0 Å². The Morgan fingerprint density at radius 1 is 0.793 bits per heavy atom. The van der Waals surface area contributed by atoms with Crippen LogP contribution in [0.15, 0.2) is 24.3 Å². The summed E-state index contributed by atoms with van der Waals surface area (Å²) in [5, 5.41) is 5.52. The predicted octanol–water partition coefficient (Wildman–Crippen LogP) is 0.971. The lowest BCUT2D eigenvalue weighted by atomic mass is 10.0. The molecule has 0 spiro atoms. The number of hydrazine groups is 1. The molecule has 0 aliphatic rings. The van der Waals surface area contributed by atoms with Gasteiger partial charge < -0.3 is 10.6 Å². The minimum Gasteiger partial charge on any atom is -0.338 e. The summed E-state index contributed by atoms with van der Waals surface area (Å²) in [5.41, 5.74) is -0.318. The van der Waals surface area contributed by atoms with Crippen LogP contribution < -0.4 is 16.1 Å². The van der Waals surface area contributed by atoms with Gasteiger partial charge in [-0.15, -0.1) is 0 Å². The van der Waals surface area contributed by atoms with E-state index in [0.717, 1.165) is 0 Å². The van der Waals surface area contributed by atoms with Gasteiger partial charge in [0.25, 0.3) is 17.7 Å². The van der Waals surface area contributed by atoms with Gasteiger partial charge in [-0.2, -0.15) is 5.01 Å². The van der Waals surface area contributed by atoms with Gasteiger partial charge in [0.2, 0.25) is 11.8 Å². The van der Waals surface area contributed by atoms with Gasteiger partial charge in [0, 0.05) is 17.1 Å². The summed E-state index contributed by atoms with van der Waals surface area (Å²) < 4.78 is 0. The molecule has 0 heterocycles. The third-order valence-electron chi connectivity index (χ3n) is 3.86. The molecule has 0 aromatic carbocycles. The monoisotopic (exact) mass is 408 g/mol. The first kappa shape index (κ1) is 26.0. The van der Waals surface area contributed by atoms with Crippen molar-refractivity contribution in [2.75, 3.05) is 0 Å². The van der Waals surface area contributed by atoms with Crippen LogP contribution in [0.4, 0.5) is 0 Å².